The standard InChI is InChI=1S/C13H20N2O4S/c1-4-12(13(14)16)15(20(3,17)18)10-6-8-11(9-7-10)19-5-2/h6-9,12H,4-5H2,1-3H3,(H2,14,16)/t12-/m1/s1. The molecule has 1 rings (SSSR count). The van der Waals surface area contributed by atoms with Gasteiger partial charge in [-0.05, 0) is 37.6 Å². The Labute approximate surface area is 119 Å². The van der Waals surface area contributed by atoms with Crippen molar-refractivity contribution in [2.75, 3.05) is 17.2 Å². The Bertz CT molecular complexity index is 554. The monoisotopic (exact) mass is 300 g/mol. The number of anilines is 1. The molecule has 0 saturated carbocycles. The predicted molar refractivity (Wildman–Crippen MR) is 78.2 cm³/mol. The molecule has 0 aliphatic carbocycles. The molecule has 0 aliphatic heterocycles. The Morgan fingerprint density at radius 1 is 1.30 bits per heavy atom. The van der Waals surface area contributed by atoms with Crippen LogP contribution in [0.5, 0.6) is 5.75 Å². The van der Waals surface area contributed by atoms with E-state index in [-0.39, 0.29) is 0 Å². The molecule has 20 heavy (non-hydrogen) atoms. The van der Waals surface area contributed by atoms with Crippen LogP contribution in [0.1, 0.15) is 20.3 Å². The Balaban J connectivity index is 3.21. The number of sulfonamides is 1. The number of carbonyl (C=O) groups is 1. The van der Waals surface area contributed by atoms with E-state index in [2.05, 4.69) is 0 Å². The maximum atomic E-state index is 11.9. The van der Waals surface area contributed by atoms with Gasteiger partial charge in [0.25, 0.3) is 0 Å². The maximum Gasteiger partial charge on any atom is 0.241 e. The van der Waals surface area contributed by atoms with Crippen molar-refractivity contribution in [1.29, 1.82) is 0 Å². The van der Waals surface area contributed by atoms with Crippen LogP contribution >= 0.6 is 0 Å². The third kappa shape index (κ3) is 3.86. The van der Waals surface area contributed by atoms with Crippen LogP contribution in [0.3, 0.4) is 0 Å². The maximum absolute atomic E-state index is 11.9. The summed E-state index contributed by atoms with van der Waals surface area (Å²) in [7, 11) is -3.61. The average Bonchev–Trinajstić information content (AvgIpc) is 2.35. The molecule has 0 fully saturated rings. The molecule has 0 heterocycles. The Hall–Kier alpha value is -1.76. The van der Waals surface area contributed by atoms with Gasteiger partial charge in [-0.3, -0.25) is 9.10 Å². The number of hydrogen-bond donors (Lipinski definition) is 1. The van der Waals surface area contributed by atoms with Crippen LogP contribution in [-0.4, -0.2) is 33.2 Å². The molecule has 1 aromatic carbocycles. The van der Waals surface area contributed by atoms with Crippen molar-refractivity contribution in [2.24, 2.45) is 5.73 Å². The topological polar surface area (TPSA) is 89.7 Å². The summed E-state index contributed by atoms with van der Waals surface area (Å²) in [4.78, 5) is 11.5. The first-order valence-corrected chi connectivity index (χ1v) is 8.17. The van der Waals surface area contributed by atoms with E-state index in [1.165, 1.54) is 0 Å². The number of amides is 1. The van der Waals surface area contributed by atoms with E-state index >= 15 is 0 Å². The summed E-state index contributed by atoms with van der Waals surface area (Å²) < 4.78 is 30.2. The zero-order valence-electron chi connectivity index (χ0n) is 11.9. The Kier molecular flexibility index (Phi) is 5.38. The van der Waals surface area contributed by atoms with E-state index in [4.69, 9.17) is 10.5 Å². The van der Waals surface area contributed by atoms with Crippen LogP contribution < -0.4 is 14.8 Å². The summed E-state index contributed by atoms with van der Waals surface area (Å²) in [5.41, 5.74) is 5.68. The van der Waals surface area contributed by atoms with Crippen LogP contribution in [0.4, 0.5) is 5.69 Å². The summed E-state index contributed by atoms with van der Waals surface area (Å²) in [6.45, 7) is 4.09. The van der Waals surface area contributed by atoms with Gasteiger partial charge in [0.2, 0.25) is 15.9 Å². The van der Waals surface area contributed by atoms with Crippen molar-refractivity contribution in [3.05, 3.63) is 24.3 Å². The van der Waals surface area contributed by atoms with Gasteiger partial charge >= 0.3 is 0 Å². The van der Waals surface area contributed by atoms with Gasteiger partial charge in [0.15, 0.2) is 0 Å². The Morgan fingerprint density at radius 3 is 2.20 bits per heavy atom. The van der Waals surface area contributed by atoms with Gasteiger partial charge in [0.1, 0.15) is 11.8 Å². The number of primary amides is 1. The number of nitrogens with zero attached hydrogens (tertiary/aromatic N) is 1. The zero-order valence-corrected chi connectivity index (χ0v) is 12.7. The van der Waals surface area contributed by atoms with Crippen LogP contribution in [-0.2, 0) is 14.8 Å². The summed E-state index contributed by atoms with van der Waals surface area (Å²) in [5.74, 6) is -0.0383. The molecule has 0 unspecified atom stereocenters. The fraction of sp³-hybridized carbons (Fsp3) is 0.462. The van der Waals surface area contributed by atoms with Crippen molar-refractivity contribution in [3.63, 3.8) is 0 Å². The van der Waals surface area contributed by atoms with Crippen LogP contribution in [0.25, 0.3) is 0 Å². The molecule has 7 heteroatoms. The minimum atomic E-state index is -3.61. The first-order chi connectivity index (χ1) is 9.31. The van der Waals surface area contributed by atoms with Crippen molar-refractivity contribution in [2.45, 2.75) is 26.3 Å². The highest BCUT2D eigenvalue weighted by Crippen LogP contribution is 2.24. The highest BCUT2D eigenvalue weighted by molar-refractivity contribution is 7.92. The van der Waals surface area contributed by atoms with E-state index in [0.29, 0.717) is 24.5 Å². The number of hydrogen-bond acceptors (Lipinski definition) is 4. The number of rotatable bonds is 7. The van der Waals surface area contributed by atoms with Gasteiger partial charge in [-0.2, -0.15) is 0 Å². The third-order valence-electron chi connectivity index (χ3n) is 2.76. The van der Waals surface area contributed by atoms with Crippen molar-refractivity contribution >= 4 is 21.6 Å². The van der Waals surface area contributed by atoms with Gasteiger partial charge < -0.3 is 10.5 Å². The molecule has 0 aliphatic rings. The highest BCUT2D eigenvalue weighted by atomic mass is 32.2. The lowest BCUT2D eigenvalue weighted by Crippen LogP contribution is -2.47. The van der Waals surface area contributed by atoms with Crippen molar-refractivity contribution < 1.29 is 17.9 Å². The fourth-order valence-corrected chi connectivity index (χ4v) is 3.16. The lowest BCUT2D eigenvalue weighted by molar-refractivity contribution is -0.119. The van der Waals surface area contributed by atoms with E-state index in [0.717, 1.165) is 10.6 Å². The molecule has 0 aromatic heterocycles. The van der Waals surface area contributed by atoms with E-state index in [1.54, 1.807) is 31.2 Å². The molecule has 1 atom stereocenters. The second-order valence-electron chi connectivity index (χ2n) is 4.31. The molecule has 6 nitrogen and oxygen atoms in total. The number of carbonyl (C=O) groups excluding carboxylic acids is 1. The molecule has 0 saturated heterocycles. The van der Waals surface area contributed by atoms with Gasteiger partial charge in [-0.15, -0.1) is 0 Å². The van der Waals surface area contributed by atoms with E-state index < -0.39 is 22.0 Å². The van der Waals surface area contributed by atoms with Gasteiger partial charge in [-0.25, -0.2) is 8.42 Å². The summed E-state index contributed by atoms with van der Waals surface area (Å²) in [5, 5.41) is 0. The summed E-state index contributed by atoms with van der Waals surface area (Å²) in [6, 6.07) is 5.60. The first kappa shape index (κ1) is 16.3. The van der Waals surface area contributed by atoms with Crippen molar-refractivity contribution in [1.82, 2.24) is 0 Å². The molecule has 0 spiro atoms. The Morgan fingerprint density at radius 2 is 1.85 bits per heavy atom. The SMILES string of the molecule is CCOc1ccc(N([C@H](CC)C(N)=O)S(C)(=O)=O)cc1. The minimum Gasteiger partial charge on any atom is -0.494 e. The molecule has 1 amide bonds. The predicted octanol–water partition coefficient (Wildman–Crippen LogP) is 1.12. The molecular weight excluding hydrogens is 280 g/mol. The molecule has 0 bridgehead atoms. The number of ether oxygens (including phenoxy) is 1. The lowest BCUT2D eigenvalue weighted by atomic mass is 10.2. The normalized spacial score (nSPS) is 12.8. The molecule has 1 aromatic rings. The lowest BCUT2D eigenvalue weighted by Gasteiger charge is -2.28. The highest BCUT2D eigenvalue weighted by Gasteiger charge is 2.29. The quantitative estimate of drug-likeness (QED) is 0.817. The number of nitrogens with two attached hydrogens (primary N) is 1. The van der Waals surface area contributed by atoms with Crippen molar-refractivity contribution in [3.8, 4) is 5.75 Å². The zero-order chi connectivity index (χ0) is 15.3. The summed E-state index contributed by atoms with van der Waals surface area (Å²) >= 11 is 0. The second kappa shape index (κ2) is 6.60. The molecule has 2 N–H and O–H groups in total. The van der Waals surface area contributed by atoms with Gasteiger partial charge in [0.05, 0.1) is 18.6 Å². The molecule has 0 radical (unpaired) electrons. The number of benzene rings is 1. The van der Waals surface area contributed by atoms with Gasteiger partial charge in [-0.1, -0.05) is 6.92 Å². The first-order valence-electron chi connectivity index (χ1n) is 6.32. The van der Waals surface area contributed by atoms with Crippen LogP contribution in [0.2, 0.25) is 0 Å². The van der Waals surface area contributed by atoms with E-state index in [1.807, 2.05) is 6.92 Å². The molecular formula is C13H20N2O4S. The van der Waals surface area contributed by atoms with E-state index in [9.17, 15) is 13.2 Å². The smallest absolute Gasteiger partial charge is 0.241 e. The largest absolute Gasteiger partial charge is 0.494 e. The molecule has 112 valence electrons. The summed E-state index contributed by atoms with van der Waals surface area (Å²) in [6.07, 6.45) is 1.35. The second-order valence-corrected chi connectivity index (χ2v) is 6.17. The van der Waals surface area contributed by atoms with Crippen LogP contribution in [0, 0.1) is 0 Å². The fourth-order valence-electron chi connectivity index (χ4n) is 1.94. The average molecular weight is 300 g/mol. The van der Waals surface area contributed by atoms with Crippen LogP contribution in [0.15, 0.2) is 24.3 Å². The minimum absolute atomic E-state index is 0.301. The van der Waals surface area contributed by atoms with Gasteiger partial charge in [0, 0.05) is 0 Å². The third-order valence-corrected chi connectivity index (χ3v) is 3.94.